The van der Waals surface area contributed by atoms with Crippen molar-refractivity contribution in [3.05, 3.63) is 40.7 Å². The molecule has 1 aromatic carbocycles. The highest BCUT2D eigenvalue weighted by Gasteiger charge is 2.34. The zero-order chi connectivity index (χ0) is 18.6. The fourth-order valence-corrected chi connectivity index (χ4v) is 5.10. The molecular formula is C21H30N4OS. The van der Waals surface area contributed by atoms with Crippen LogP contribution in [0.2, 0.25) is 0 Å². The Labute approximate surface area is 166 Å². The van der Waals surface area contributed by atoms with Crippen LogP contribution in [0.3, 0.4) is 0 Å². The van der Waals surface area contributed by atoms with E-state index in [1.54, 1.807) is 11.3 Å². The van der Waals surface area contributed by atoms with E-state index >= 15 is 0 Å². The van der Waals surface area contributed by atoms with Gasteiger partial charge >= 0.3 is 0 Å². The van der Waals surface area contributed by atoms with Gasteiger partial charge in [0, 0.05) is 63.4 Å². The third-order valence-electron chi connectivity index (χ3n) is 5.96. The number of hydrogen-bond donors (Lipinski definition) is 1. The predicted octanol–water partition coefficient (Wildman–Crippen LogP) is 2.10. The van der Waals surface area contributed by atoms with Crippen LogP contribution in [0.4, 0.5) is 0 Å². The SMILES string of the molecule is CN1CCN(C[C@@H]2CN(Cc3nc(-c4ccccc4)cs3)C[C@@H]2CO)CC1. The van der Waals surface area contributed by atoms with Crippen LogP contribution in [0, 0.1) is 11.8 Å². The molecule has 146 valence electrons. The number of thiazole rings is 1. The Hall–Kier alpha value is -1.31. The number of rotatable bonds is 6. The number of hydrogen-bond acceptors (Lipinski definition) is 6. The fourth-order valence-electron chi connectivity index (χ4n) is 4.26. The molecule has 2 fully saturated rings. The van der Waals surface area contributed by atoms with E-state index in [1.807, 2.05) is 6.07 Å². The van der Waals surface area contributed by atoms with Crippen molar-refractivity contribution in [3.63, 3.8) is 0 Å². The van der Waals surface area contributed by atoms with Crippen molar-refractivity contribution in [2.75, 3.05) is 59.5 Å². The summed E-state index contributed by atoms with van der Waals surface area (Å²) in [7, 11) is 2.20. The first-order chi connectivity index (χ1) is 13.2. The highest BCUT2D eigenvalue weighted by Crippen LogP contribution is 2.28. The highest BCUT2D eigenvalue weighted by atomic mass is 32.1. The summed E-state index contributed by atoms with van der Waals surface area (Å²) in [6, 6.07) is 10.4. The maximum atomic E-state index is 9.88. The van der Waals surface area contributed by atoms with Gasteiger partial charge in [0.2, 0.25) is 0 Å². The van der Waals surface area contributed by atoms with Crippen LogP contribution in [0.25, 0.3) is 11.3 Å². The number of likely N-dealkylation sites (N-methyl/N-ethyl adjacent to an activating group) is 1. The lowest BCUT2D eigenvalue weighted by molar-refractivity contribution is 0.116. The number of benzene rings is 1. The second kappa shape index (κ2) is 8.80. The monoisotopic (exact) mass is 386 g/mol. The minimum Gasteiger partial charge on any atom is -0.396 e. The van der Waals surface area contributed by atoms with E-state index in [-0.39, 0.29) is 0 Å². The van der Waals surface area contributed by atoms with Crippen LogP contribution >= 0.6 is 11.3 Å². The first kappa shape index (κ1) is 19.0. The van der Waals surface area contributed by atoms with Gasteiger partial charge in [-0.1, -0.05) is 30.3 Å². The summed E-state index contributed by atoms with van der Waals surface area (Å²) in [5.41, 5.74) is 2.25. The molecular weight excluding hydrogens is 356 g/mol. The molecule has 4 rings (SSSR count). The van der Waals surface area contributed by atoms with Crippen LogP contribution in [0.1, 0.15) is 5.01 Å². The highest BCUT2D eigenvalue weighted by molar-refractivity contribution is 7.09. The number of aromatic nitrogens is 1. The zero-order valence-corrected chi connectivity index (χ0v) is 16.9. The maximum absolute atomic E-state index is 9.88. The molecule has 0 aliphatic carbocycles. The van der Waals surface area contributed by atoms with Crippen molar-refractivity contribution >= 4 is 11.3 Å². The molecule has 0 bridgehead atoms. The molecule has 27 heavy (non-hydrogen) atoms. The van der Waals surface area contributed by atoms with Crippen molar-refractivity contribution in [2.24, 2.45) is 11.8 Å². The Kier molecular flexibility index (Phi) is 6.20. The van der Waals surface area contributed by atoms with Crippen LogP contribution in [-0.4, -0.2) is 84.3 Å². The summed E-state index contributed by atoms with van der Waals surface area (Å²) < 4.78 is 0. The number of likely N-dealkylation sites (tertiary alicyclic amines) is 1. The summed E-state index contributed by atoms with van der Waals surface area (Å²) >= 11 is 1.75. The van der Waals surface area contributed by atoms with Gasteiger partial charge in [-0.15, -0.1) is 11.3 Å². The van der Waals surface area contributed by atoms with E-state index in [0.29, 0.717) is 18.4 Å². The van der Waals surface area contributed by atoms with E-state index in [1.165, 1.54) is 10.6 Å². The van der Waals surface area contributed by atoms with E-state index in [2.05, 4.69) is 51.4 Å². The Morgan fingerprint density at radius 1 is 1.04 bits per heavy atom. The molecule has 0 radical (unpaired) electrons. The molecule has 0 unspecified atom stereocenters. The summed E-state index contributed by atoms with van der Waals surface area (Å²) in [5, 5.41) is 13.2. The van der Waals surface area contributed by atoms with Crippen LogP contribution in [0.15, 0.2) is 35.7 Å². The normalized spacial score (nSPS) is 25.3. The lowest BCUT2D eigenvalue weighted by Crippen LogP contribution is -2.47. The lowest BCUT2D eigenvalue weighted by Gasteiger charge is -2.34. The molecule has 6 heteroatoms. The molecule has 2 aromatic rings. The van der Waals surface area contributed by atoms with Crippen molar-refractivity contribution in [3.8, 4) is 11.3 Å². The molecule has 0 saturated carbocycles. The van der Waals surface area contributed by atoms with Gasteiger partial charge in [0.15, 0.2) is 0 Å². The Morgan fingerprint density at radius 2 is 1.78 bits per heavy atom. The average Bonchev–Trinajstić information content (AvgIpc) is 3.31. The average molecular weight is 387 g/mol. The van der Waals surface area contributed by atoms with Crippen LogP contribution < -0.4 is 0 Å². The summed E-state index contributed by atoms with van der Waals surface area (Å²) in [6.45, 7) is 8.96. The van der Waals surface area contributed by atoms with Gasteiger partial charge in [0.05, 0.1) is 12.2 Å². The van der Waals surface area contributed by atoms with Crippen molar-refractivity contribution in [1.29, 1.82) is 0 Å². The Balaban J connectivity index is 1.34. The molecule has 5 nitrogen and oxygen atoms in total. The van der Waals surface area contributed by atoms with E-state index in [0.717, 1.165) is 58.1 Å². The first-order valence-electron chi connectivity index (χ1n) is 9.95. The fraction of sp³-hybridized carbons (Fsp3) is 0.571. The minimum atomic E-state index is 0.294. The summed E-state index contributed by atoms with van der Waals surface area (Å²) in [5.74, 6) is 0.949. The van der Waals surface area contributed by atoms with Gasteiger partial charge in [-0.2, -0.15) is 0 Å². The molecule has 2 saturated heterocycles. The van der Waals surface area contributed by atoms with Gasteiger partial charge in [-0.25, -0.2) is 4.98 Å². The second-order valence-electron chi connectivity index (χ2n) is 7.99. The molecule has 2 aliphatic rings. The second-order valence-corrected chi connectivity index (χ2v) is 8.94. The molecule has 2 atom stereocenters. The Bertz CT molecular complexity index is 714. The summed E-state index contributed by atoms with van der Waals surface area (Å²) in [4.78, 5) is 12.3. The first-order valence-corrected chi connectivity index (χ1v) is 10.8. The molecule has 2 aliphatic heterocycles. The molecule has 3 heterocycles. The Morgan fingerprint density at radius 3 is 2.52 bits per heavy atom. The number of nitrogens with zero attached hydrogens (tertiary/aromatic N) is 4. The van der Waals surface area contributed by atoms with Crippen molar-refractivity contribution < 1.29 is 5.11 Å². The van der Waals surface area contributed by atoms with Gasteiger partial charge < -0.3 is 14.9 Å². The van der Waals surface area contributed by atoms with Crippen LogP contribution in [0.5, 0.6) is 0 Å². The zero-order valence-electron chi connectivity index (χ0n) is 16.1. The topological polar surface area (TPSA) is 42.8 Å². The molecule has 1 N–H and O–H groups in total. The van der Waals surface area contributed by atoms with E-state index < -0.39 is 0 Å². The third-order valence-corrected chi connectivity index (χ3v) is 6.79. The molecule has 1 aromatic heterocycles. The predicted molar refractivity (Wildman–Crippen MR) is 111 cm³/mol. The standard InChI is InChI=1S/C21H30N4OS/c1-23-7-9-24(10-8-23)11-18-12-25(13-19(18)15-26)14-21-22-20(16-27-21)17-5-3-2-4-6-17/h2-6,16,18-19,26H,7-15H2,1H3/t18-,19-/m1/s1. The lowest BCUT2D eigenvalue weighted by atomic mass is 9.96. The quantitative estimate of drug-likeness (QED) is 0.824. The summed E-state index contributed by atoms with van der Waals surface area (Å²) in [6.07, 6.45) is 0. The van der Waals surface area contributed by atoms with Gasteiger partial charge in [0.25, 0.3) is 0 Å². The van der Waals surface area contributed by atoms with Gasteiger partial charge in [0.1, 0.15) is 5.01 Å². The van der Waals surface area contributed by atoms with Gasteiger partial charge in [-0.05, 0) is 18.9 Å². The smallest absolute Gasteiger partial charge is 0.107 e. The van der Waals surface area contributed by atoms with Crippen LogP contribution in [-0.2, 0) is 6.54 Å². The van der Waals surface area contributed by atoms with Crippen molar-refractivity contribution in [1.82, 2.24) is 19.7 Å². The largest absolute Gasteiger partial charge is 0.396 e. The number of aliphatic hydroxyl groups is 1. The van der Waals surface area contributed by atoms with E-state index in [9.17, 15) is 5.11 Å². The van der Waals surface area contributed by atoms with E-state index in [4.69, 9.17) is 4.98 Å². The molecule has 0 amide bonds. The number of aliphatic hydroxyl groups excluding tert-OH is 1. The van der Waals surface area contributed by atoms with Crippen molar-refractivity contribution in [2.45, 2.75) is 6.54 Å². The minimum absolute atomic E-state index is 0.294. The van der Waals surface area contributed by atoms with Gasteiger partial charge in [-0.3, -0.25) is 4.90 Å². The molecule has 0 spiro atoms. The third kappa shape index (κ3) is 4.76. The maximum Gasteiger partial charge on any atom is 0.107 e. The number of piperazine rings is 1.